The minimum atomic E-state index is -0.173. The molecule has 0 saturated carbocycles. The van der Waals surface area contributed by atoms with Crippen LogP contribution in [0.3, 0.4) is 0 Å². The summed E-state index contributed by atoms with van der Waals surface area (Å²) in [5, 5.41) is 0. The van der Waals surface area contributed by atoms with Crippen molar-refractivity contribution in [1.29, 1.82) is 0 Å². The number of rotatable bonds is 13. The highest BCUT2D eigenvalue weighted by atomic mass is 16.6. The zero-order chi connectivity index (χ0) is 23.6. The Hall–Kier alpha value is -1.79. The fourth-order valence-corrected chi connectivity index (χ4v) is 4.79. The third kappa shape index (κ3) is 7.61. The number of unbranched alkanes of at least 4 members (excludes halogenated alkanes) is 4. The van der Waals surface area contributed by atoms with E-state index in [1.165, 1.54) is 36.8 Å². The Bertz CT molecular complexity index is 869. The van der Waals surface area contributed by atoms with Gasteiger partial charge in [0.2, 0.25) is 0 Å². The highest BCUT2D eigenvalue weighted by Crippen LogP contribution is 2.32. The molecule has 1 unspecified atom stereocenters. The molecule has 2 aromatic carbocycles. The summed E-state index contributed by atoms with van der Waals surface area (Å²) in [4.78, 5) is 2.46. The maximum Gasteiger partial charge on any atom is 0.522 e. The minimum absolute atomic E-state index is 0.120. The van der Waals surface area contributed by atoms with Gasteiger partial charge in [-0.2, -0.15) is 0 Å². The summed E-state index contributed by atoms with van der Waals surface area (Å²) in [6.07, 6.45) is 8.47. The van der Waals surface area contributed by atoms with Gasteiger partial charge in [-0.15, -0.1) is 0 Å². The van der Waals surface area contributed by atoms with Crippen LogP contribution in [0.4, 0.5) is 0 Å². The molecule has 0 radical (unpaired) electrons. The van der Waals surface area contributed by atoms with Gasteiger partial charge in [0.05, 0.1) is 12.7 Å². The van der Waals surface area contributed by atoms with Gasteiger partial charge in [-0.3, -0.25) is 0 Å². The molecule has 0 aliphatic carbocycles. The van der Waals surface area contributed by atoms with E-state index >= 15 is 0 Å². The number of fused-ring (bicyclic) bond motifs is 1. The Labute approximate surface area is 206 Å². The van der Waals surface area contributed by atoms with E-state index in [1.54, 1.807) is 0 Å². The topological polar surface area (TPSA) is 40.2 Å². The van der Waals surface area contributed by atoms with Crippen LogP contribution >= 0.6 is 0 Å². The van der Waals surface area contributed by atoms with Gasteiger partial charge in [0.25, 0.3) is 0 Å². The summed E-state index contributed by atoms with van der Waals surface area (Å²) in [6, 6.07) is 17.1. The number of hydrogen-bond donors (Lipinski definition) is 0. The van der Waals surface area contributed by atoms with Crippen LogP contribution in [0.5, 0.6) is 5.75 Å². The van der Waals surface area contributed by atoms with E-state index in [9.17, 15) is 0 Å². The maximum absolute atomic E-state index is 6.27. The van der Waals surface area contributed by atoms with Gasteiger partial charge in [0, 0.05) is 25.3 Å². The lowest BCUT2D eigenvalue weighted by molar-refractivity contribution is 0.126. The fraction of sp³-hybridized carbons (Fsp3) is 0.556. The van der Waals surface area contributed by atoms with Crippen LogP contribution < -0.4 is 4.65 Å². The molecule has 2 heterocycles. The number of hydrogen-bond acceptors (Lipinski definition) is 5. The van der Waals surface area contributed by atoms with E-state index in [1.807, 2.05) is 6.82 Å². The van der Waals surface area contributed by atoms with Crippen molar-refractivity contribution in [3.63, 3.8) is 0 Å². The average Bonchev–Trinajstić information content (AvgIpc) is 3.23. The molecule has 2 aromatic rings. The fourth-order valence-electron chi connectivity index (χ4n) is 4.79. The zero-order valence-electron chi connectivity index (χ0n) is 20.9. The molecule has 0 spiro atoms. The lowest BCUT2D eigenvalue weighted by Crippen LogP contribution is -2.32. The zero-order valence-corrected chi connectivity index (χ0v) is 20.9. The van der Waals surface area contributed by atoms with Gasteiger partial charge in [-0.05, 0) is 75.6 Å². The third-order valence-corrected chi connectivity index (χ3v) is 6.83. The minimum Gasteiger partial charge on any atom is -0.536 e. The summed E-state index contributed by atoms with van der Waals surface area (Å²) in [7, 11) is -0.0131. The van der Waals surface area contributed by atoms with Crippen molar-refractivity contribution in [1.82, 2.24) is 4.81 Å². The van der Waals surface area contributed by atoms with E-state index in [2.05, 4.69) is 60.2 Å². The van der Waals surface area contributed by atoms with Crippen molar-refractivity contribution in [2.75, 3.05) is 26.3 Å². The first-order chi connectivity index (χ1) is 16.7. The molecule has 1 atom stereocenters. The molecule has 5 nitrogen and oxygen atoms in total. The van der Waals surface area contributed by atoms with Crippen LogP contribution in [0.25, 0.3) is 0 Å². The predicted octanol–water partition coefficient (Wildman–Crippen LogP) is 5.80. The van der Waals surface area contributed by atoms with E-state index in [0.717, 1.165) is 56.9 Å². The summed E-state index contributed by atoms with van der Waals surface area (Å²) in [5.74, 6) is 0.932. The maximum atomic E-state index is 6.27. The predicted molar refractivity (Wildman–Crippen MR) is 139 cm³/mol. The monoisotopic (exact) mass is 463 g/mol. The number of aryl methyl sites for hydroxylation is 1. The van der Waals surface area contributed by atoms with E-state index in [-0.39, 0.29) is 20.3 Å². The van der Waals surface area contributed by atoms with Crippen LogP contribution in [0, 0.1) is 0 Å². The van der Waals surface area contributed by atoms with E-state index in [0.29, 0.717) is 6.61 Å². The number of ether oxygens (including phenoxy) is 1. The molecule has 0 aromatic heterocycles. The Morgan fingerprint density at radius 2 is 1.74 bits per heavy atom. The van der Waals surface area contributed by atoms with Crippen molar-refractivity contribution >= 4 is 14.2 Å². The highest BCUT2D eigenvalue weighted by molar-refractivity contribution is 6.47. The molecule has 1 saturated heterocycles. The van der Waals surface area contributed by atoms with Gasteiger partial charge in [0.1, 0.15) is 5.75 Å². The van der Waals surface area contributed by atoms with Crippen LogP contribution in [0.2, 0.25) is 13.6 Å². The molecule has 4 rings (SSSR count). The first-order valence-electron chi connectivity index (χ1n) is 13.1. The summed E-state index contributed by atoms with van der Waals surface area (Å²) >= 11 is 0. The molecular weight excluding hydrogens is 424 g/mol. The Morgan fingerprint density at radius 3 is 2.59 bits per heavy atom. The van der Waals surface area contributed by atoms with Crippen molar-refractivity contribution in [3.8, 4) is 5.75 Å². The van der Waals surface area contributed by atoms with Crippen molar-refractivity contribution in [3.05, 3.63) is 65.2 Å². The van der Waals surface area contributed by atoms with Crippen LogP contribution in [0.15, 0.2) is 48.5 Å². The van der Waals surface area contributed by atoms with Crippen LogP contribution in [-0.4, -0.2) is 45.3 Å². The smallest absolute Gasteiger partial charge is 0.522 e. The Morgan fingerprint density at radius 1 is 0.941 bits per heavy atom. The Kier molecular flexibility index (Phi) is 9.93. The second kappa shape index (κ2) is 13.3. The second-order valence-corrected chi connectivity index (χ2v) is 9.55. The molecule has 1 fully saturated rings. The van der Waals surface area contributed by atoms with Crippen molar-refractivity contribution in [2.45, 2.75) is 71.3 Å². The van der Waals surface area contributed by atoms with Gasteiger partial charge < -0.3 is 23.5 Å². The molecule has 0 bridgehead atoms. The van der Waals surface area contributed by atoms with Gasteiger partial charge in [0.15, 0.2) is 0 Å². The van der Waals surface area contributed by atoms with Gasteiger partial charge in [-0.1, -0.05) is 49.2 Å². The number of nitrogens with zero attached hydrogens (tertiary/aromatic N) is 1. The van der Waals surface area contributed by atoms with Crippen molar-refractivity contribution in [2.24, 2.45) is 0 Å². The standard InChI is InChI=1S/C27H39B2NO4/c1-28-30(21-27(33-28)24-15-16-26-25(20-24)22-32-29(2)34-26)17-9-3-4-10-18-31-19-11-8-14-23-12-6-5-7-13-23/h5-7,12-13,15-16,20,27H,3-4,8-11,14,17-19,21-22H2,1-2H3. The normalized spacial score (nSPS) is 18.2. The number of benzene rings is 2. The lowest BCUT2D eigenvalue weighted by atomic mass is 9.85. The van der Waals surface area contributed by atoms with Gasteiger partial charge >= 0.3 is 14.2 Å². The highest BCUT2D eigenvalue weighted by Gasteiger charge is 2.34. The first kappa shape index (κ1) is 25.3. The van der Waals surface area contributed by atoms with Crippen LogP contribution in [-0.2, 0) is 27.1 Å². The molecule has 7 heteroatoms. The van der Waals surface area contributed by atoms with E-state index in [4.69, 9.17) is 18.7 Å². The lowest BCUT2D eigenvalue weighted by Gasteiger charge is -2.23. The largest absolute Gasteiger partial charge is 0.536 e. The summed E-state index contributed by atoms with van der Waals surface area (Å²) < 4.78 is 23.5. The summed E-state index contributed by atoms with van der Waals surface area (Å²) in [6.45, 7) is 8.51. The average molecular weight is 463 g/mol. The third-order valence-electron chi connectivity index (χ3n) is 6.83. The van der Waals surface area contributed by atoms with Gasteiger partial charge in [-0.25, -0.2) is 0 Å². The SMILES string of the molecule is CB1OCc2cc(C3CN(CCCCCCOCCCCc4ccccc4)B(C)O3)ccc2O1. The molecule has 0 N–H and O–H groups in total. The molecule has 2 aliphatic heterocycles. The molecule has 182 valence electrons. The quantitative estimate of drug-likeness (QED) is 0.277. The van der Waals surface area contributed by atoms with Crippen LogP contribution in [0.1, 0.15) is 61.3 Å². The van der Waals surface area contributed by atoms with E-state index < -0.39 is 0 Å². The molecule has 34 heavy (non-hydrogen) atoms. The summed E-state index contributed by atoms with van der Waals surface area (Å²) in [5.41, 5.74) is 3.76. The molecule has 2 aliphatic rings. The molecular formula is C27H39B2NO4. The molecule has 0 amide bonds. The first-order valence-corrected chi connectivity index (χ1v) is 13.1. The second-order valence-electron chi connectivity index (χ2n) is 9.55. The Balaban J connectivity index is 1.04. The van der Waals surface area contributed by atoms with Crippen molar-refractivity contribution < 1.29 is 18.7 Å².